The van der Waals surface area contributed by atoms with Crippen LogP contribution in [-0.2, 0) is 16.1 Å². The molecule has 6 nitrogen and oxygen atoms in total. The molecule has 3 heterocycles. The molecule has 0 unspecified atom stereocenters. The SMILES string of the molecule is O=C(NC1CCN(Cc2ccco2)CC1)[C@H]1CCCCN1C(=O)C1CC1. The monoisotopic (exact) mass is 359 g/mol. The highest BCUT2D eigenvalue weighted by Crippen LogP contribution is 2.33. The Morgan fingerprint density at radius 1 is 1.08 bits per heavy atom. The molecule has 2 aliphatic heterocycles. The number of nitrogens with one attached hydrogen (secondary N) is 1. The molecule has 0 radical (unpaired) electrons. The molecule has 1 N–H and O–H groups in total. The van der Waals surface area contributed by atoms with Crippen LogP contribution in [0.5, 0.6) is 0 Å². The topological polar surface area (TPSA) is 65.8 Å². The van der Waals surface area contributed by atoms with Crippen LogP contribution in [0.1, 0.15) is 50.7 Å². The number of hydrogen-bond acceptors (Lipinski definition) is 4. The average Bonchev–Trinajstić information content (AvgIpc) is 3.40. The van der Waals surface area contributed by atoms with Gasteiger partial charge in [0.2, 0.25) is 11.8 Å². The van der Waals surface area contributed by atoms with Crippen molar-refractivity contribution in [2.45, 2.75) is 63.6 Å². The van der Waals surface area contributed by atoms with Crippen LogP contribution in [0.3, 0.4) is 0 Å². The van der Waals surface area contributed by atoms with E-state index in [9.17, 15) is 9.59 Å². The number of furan rings is 1. The molecule has 142 valence electrons. The van der Waals surface area contributed by atoms with Crippen molar-refractivity contribution in [2.24, 2.45) is 5.92 Å². The van der Waals surface area contributed by atoms with Crippen molar-refractivity contribution in [3.05, 3.63) is 24.2 Å². The van der Waals surface area contributed by atoms with Crippen LogP contribution in [0, 0.1) is 5.92 Å². The summed E-state index contributed by atoms with van der Waals surface area (Å²) in [6, 6.07) is 3.89. The molecule has 0 spiro atoms. The molecule has 1 aliphatic carbocycles. The number of hydrogen-bond donors (Lipinski definition) is 1. The van der Waals surface area contributed by atoms with Crippen LogP contribution in [0.15, 0.2) is 22.8 Å². The maximum Gasteiger partial charge on any atom is 0.243 e. The maximum absolute atomic E-state index is 12.8. The highest BCUT2D eigenvalue weighted by Gasteiger charge is 2.40. The first kappa shape index (κ1) is 17.6. The van der Waals surface area contributed by atoms with Gasteiger partial charge >= 0.3 is 0 Å². The first-order valence-corrected chi connectivity index (χ1v) is 10.1. The quantitative estimate of drug-likeness (QED) is 0.875. The Bertz CT molecular complexity index is 618. The fourth-order valence-electron chi connectivity index (χ4n) is 4.19. The van der Waals surface area contributed by atoms with E-state index in [-0.39, 0.29) is 29.8 Å². The molecule has 1 atom stereocenters. The second-order valence-corrected chi connectivity index (χ2v) is 7.96. The lowest BCUT2D eigenvalue weighted by Gasteiger charge is -2.37. The number of carbonyl (C=O) groups excluding carboxylic acids is 2. The summed E-state index contributed by atoms with van der Waals surface area (Å²) in [5.41, 5.74) is 0. The average molecular weight is 359 g/mol. The number of likely N-dealkylation sites (tertiary alicyclic amines) is 2. The van der Waals surface area contributed by atoms with Gasteiger partial charge in [-0.2, -0.15) is 0 Å². The number of piperidine rings is 2. The highest BCUT2D eigenvalue weighted by molar-refractivity contribution is 5.89. The van der Waals surface area contributed by atoms with E-state index in [2.05, 4.69) is 10.2 Å². The Balaban J connectivity index is 1.27. The molecule has 3 aliphatic rings. The van der Waals surface area contributed by atoms with Gasteiger partial charge in [0.25, 0.3) is 0 Å². The largest absolute Gasteiger partial charge is 0.468 e. The Morgan fingerprint density at radius 3 is 2.58 bits per heavy atom. The van der Waals surface area contributed by atoms with E-state index >= 15 is 0 Å². The van der Waals surface area contributed by atoms with Gasteiger partial charge in [-0.15, -0.1) is 0 Å². The van der Waals surface area contributed by atoms with Gasteiger partial charge in [-0.3, -0.25) is 14.5 Å². The molecule has 0 bridgehead atoms. The second-order valence-electron chi connectivity index (χ2n) is 7.96. The molecule has 3 fully saturated rings. The summed E-state index contributed by atoms with van der Waals surface area (Å²) in [6.07, 6.45) is 8.48. The van der Waals surface area contributed by atoms with E-state index in [1.165, 1.54) is 0 Å². The van der Waals surface area contributed by atoms with Gasteiger partial charge in [0.15, 0.2) is 0 Å². The normalized spacial score (nSPS) is 25.2. The van der Waals surface area contributed by atoms with Crippen molar-refractivity contribution >= 4 is 11.8 Å². The van der Waals surface area contributed by atoms with Crippen molar-refractivity contribution in [1.29, 1.82) is 0 Å². The number of amides is 2. The molecule has 1 saturated carbocycles. The summed E-state index contributed by atoms with van der Waals surface area (Å²) >= 11 is 0. The smallest absolute Gasteiger partial charge is 0.243 e. The number of rotatable bonds is 5. The minimum absolute atomic E-state index is 0.0585. The lowest BCUT2D eigenvalue weighted by molar-refractivity contribution is -0.143. The lowest BCUT2D eigenvalue weighted by atomic mass is 9.99. The van der Waals surface area contributed by atoms with Gasteiger partial charge in [0, 0.05) is 31.6 Å². The third-order valence-electron chi connectivity index (χ3n) is 5.91. The second kappa shape index (κ2) is 7.82. The molecule has 2 saturated heterocycles. The van der Waals surface area contributed by atoms with Crippen LogP contribution in [0.25, 0.3) is 0 Å². The van der Waals surface area contributed by atoms with E-state index in [4.69, 9.17) is 4.42 Å². The molecule has 6 heteroatoms. The summed E-state index contributed by atoms with van der Waals surface area (Å²) < 4.78 is 5.42. The molecule has 26 heavy (non-hydrogen) atoms. The van der Waals surface area contributed by atoms with Gasteiger partial charge in [-0.1, -0.05) is 0 Å². The molecule has 1 aromatic heterocycles. The summed E-state index contributed by atoms with van der Waals surface area (Å²) in [5, 5.41) is 3.23. The van der Waals surface area contributed by atoms with Crippen LogP contribution >= 0.6 is 0 Å². The first-order valence-electron chi connectivity index (χ1n) is 10.1. The minimum atomic E-state index is -0.252. The van der Waals surface area contributed by atoms with Crippen molar-refractivity contribution in [3.63, 3.8) is 0 Å². The van der Waals surface area contributed by atoms with Crippen LogP contribution < -0.4 is 5.32 Å². The number of carbonyl (C=O) groups is 2. The van der Waals surface area contributed by atoms with Crippen LogP contribution in [0.4, 0.5) is 0 Å². The lowest BCUT2D eigenvalue weighted by Crippen LogP contribution is -2.55. The molecule has 4 rings (SSSR count). The molecule has 2 amide bonds. The standard InChI is InChI=1S/C20H29N3O3/c24-19(18-5-1-2-10-23(18)20(25)15-6-7-15)21-16-8-11-22(12-9-16)14-17-4-3-13-26-17/h3-4,13,15-16,18H,1-2,5-12,14H2,(H,21,24)/t18-/m1/s1. The summed E-state index contributed by atoms with van der Waals surface area (Å²) in [5.74, 6) is 1.44. The van der Waals surface area contributed by atoms with Crippen molar-refractivity contribution in [3.8, 4) is 0 Å². The molecular weight excluding hydrogens is 330 g/mol. The van der Waals surface area contributed by atoms with Gasteiger partial charge in [-0.05, 0) is 57.1 Å². The van der Waals surface area contributed by atoms with Crippen LogP contribution in [-0.4, -0.2) is 53.3 Å². The van der Waals surface area contributed by atoms with Gasteiger partial charge in [-0.25, -0.2) is 0 Å². The summed E-state index contributed by atoms with van der Waals surface area (Å²) in [7, 11) is 0. The minimum Gasteiger partial charge on any atom is -0.468 e. The van der Waals surface area contributed by atoms with E-state index < -0.39 is 0 Å². The fourth-order valence-corrected chi connectivity index (χ4v) is 4.19. The Kier molecular flexibility index (Phi) is 5.29. The van der Waals surface area contributed by atoms with Crippen molar-refractivity contribution < 1.29 is 14.0 Å². The maximum atomic E-state index is 12.8. The molecule has 0 aromatic carbocycles. The van der Waals surface area contributed by atoms with E-state index in [0.29, 0.717) is 0 Å². The molecule has 1 aromatic rings. The Hall–Kier alpha value is -1.82. The predicted molar refractivity (Wildman–Crippen MR) is 97.2 cm³/mol. The number of nitrogens with zero attached hydrogens (tertiary/aromatic N) is 2. The predicted octanol–water partition coefficient (Wildman–Crippen LogP) is 2.15. The summed E-state index contributed by atoms with van der Waals surface area (Å²) in [4.78, 5) is 29.6. The molecular formula is C20H29N3O3. The van der Waals surface area contributed by atoms with Crippen LogP contribution in [0.2, 0.25) is 0 Å². The summed E-state index contributed by atoms with van der Waals surface area (Å²) in [6.45, 7) is 3.50. The fraction of sp³-hybridized carbons (Fsp3) is 0.700. The Labute approximate surface area is 154 Å². The third kappa shape index (κ3) is 4.11. The Morgan fingerprint density at radius 2 is 1.88 bits per heavy atom. The zero-order valence-corrected chi connectivity index (χ0v) is 15.4. The highest BCUT2D eigenvalue weighted by atomic mass is 16.3. The van der Waals surface area contributed by atoms with Crippen molar-refractivity contribution in [2.75, 3.05) is 19.6 Å². The zero-order chi connectivity index (χ0) is 17.9. The zero-order valence-electron chi connectivity index (χ0n) is 15.4. The van der Waals surface area contributed by atoms with E-state index in [1.54, 1.807) is 6.26 Å². The van der Waals surface area contributed by atoms with Crippen molar-refractivity contribution in [1.82, 2.24) is 15.1 Å². The third-order valence-corrected chi connectivity index (χ3v) is 5.91. The van der Waals surface area contributed by atoms with E-state index in [1.807, 2.05) is 17.0 Å². The van der Waals surface area contributed by atoms with Gasteiger partial charge in [0.1, 0.15) is 11.8 Å². The van der Waals surface area contributed by atoms with Gasteiger partial charge < -0.3 is 14.6 Å². The first-order chi connectivity index (χ1) is 12.7. The van der Waals surface area contributed by atoms with Gasteiger partial charge in [0.05, 0.1) is 12.8 Å². The van der Waals surface area contributed by atoms with E-state index in [0.717, 1.165) is 76.9 Å².